The number of carbonyl (C=O) groups excluding carboxylic acids is 3. The highest BCUT2D eigenvalue weighted by atomic mass is 16.5. The molecule has 10 nitrogen and oxygen atoms in total. The molecule has 0 bridgehead atoms. The number of urea groups is 1. The van der Waals surface area contributed by atoms with Gasteiger partial charge in [0, 0.05) is 19.5 Å². The molecule has 0 radical (unpaired) electrons. The van der Waals surface area contributed by atoms with E-state index in [1.807, 2.05) is 97.1 Å². The Labute approximate surface area is 262 Å². The van der Waals surface area contributed by atoms with Crippen LogP contribution in [-0.2, 0) is 29.1 Å². The van der Waals surface area contributed by atoms with Crippen molar-refractivity contribution in [3.63, 3.8) is 0 Å². The molecule has 2 heterocycles. The Balaban J connectivity index is 1.32. The van der Waals surface area contributed by atoms with Crippen LogP contribution < -0.4 is 10.1 Å². The number of methoxy groups -OCH3 is 1. The predicted molar refractivity (Wildman–Crippen MR) is 168 cm³/mol. The second-order valence-electron chi connectivity index (χ2n) is 11.2. The monoisotopic (exact) mass is 602 g/mol. The van der Waals surface area contributed by atoms with E-state index >= 15 is 0 Å². The SMILES string of the molecule is COc1ccc(C[C@H]2C(=O)N(Cc3cccc4ccccc34)C[C@H]3N2C(=O)CN3N(CC#N)C(=O)NCc2ccccc2)cc1. The quantitative estimate of drug-likeness (QED) is 0.291. The summed E-state index contributed by atoms with van der Waals surface area (Å²) in [5.41, 5.74) is 2.77. The number of fused-ring (bicyclic) bond motifs is 2. The summed E-state index contributed by atoms with van der Waals surface area (Å²) in [6.07, 6.45) is -0.340. The summed E-state index contributed by atoms with van der Waals surface area (Å²) in [5, 5.41) is 17.6. The molecule has 10 heteroatoms. The average Bonchev–Trinajstić information content (AvgIpc) is 3.40. The lowest BCUT2D eigenvalue weighted by atomic mass is 9.99. The van der Waals surface area contributed by atoms with Crippen molar-refractivity contribution in [1.82, 2.24) is 25.1 Å². The first-order chi connectivity index (χ1) is 22.0. The van der Waals surface area contributed by atoms with E-state index in [-0.39, 0.29) is 38.0 Å². The Morgan fingerprint density at radius 1 is 0.956 bits per heavy atom. The van der Waals surface area contributed by atoms with E-state index in [4.69, 9.17) is 4.74 Å². The standard InChI is InChI=1S/C35H34N6O4/c1-45-29-16-14-25(15-17-29)20-31-34(43)38(22-28-12-7-11-27-10-5-6-13-30(27)28)23-32-40(24-33(42)41(31)32)39(19-18-36)35(44)37-21-26-8-3-2-4-9-26/h2-17,31-32H,19-24H2,1H3,(H,37,44)/t31-,32+/m0/s1. The molecule has 4 amide bonds. The van der Waals surface area contributed by atoms with Crippen molar-refractivity contribution in [1.29, 1.82) is 5.26 Å². The lowest BCUT2D eigenvalue weighted by Crippen LogP contribution is -2.66. The van der Waals surface area contributed by atoms with E-state index in [1.54, 1.807) is 21.9 Å². The minimum atomic E-state index is -0.791. The summed E-state index contributed by atoms with van der Waals surface area (Å²) in [7, 11) is 1.59. The second kappa shape index (κ2) is 13.1. The van der Waals surface area contributed by atoms with Crippen molar-refractivity contribution in [3.8, 4) is 11.8 Å². The number of rotatable bonds is 9. The van der Waals surface area contributed by atoms with Gasteiger partial charge in [0.15, 0.2) is 0 Å². The van der Waals surface area contributed by atoms with Gasteiger partial charge in [-0.15, -0.1) is 0 Å². The van der Waals surface area contributed by atoms with Crippen molar-refractivity contribution >= 4 is 28.6 Å². The molecule has 2 saturated heterocycles. The predicted octanol–water partition coefficient (Wildman–Crippen LogP) is 3.92. The molecule has 45 heavy (non-hydrogen) atoms. The molecule has 6 rings (SSSR count). The van der Waals surface area contributed by atoms with Gasteiger partial charge in [-0.3, -0.25) is 9.59 Å². The van der Waals surface area contributed by atoms with Gasteiger partial charge < -0.3 is 19.9 Å². The Morgan fingerprint density at radius 3 is 2.44 bits per heavy atom. The molecule has 228 valence electrons. The summed E-state index contributed by atoms with van der Waals surface area (Å²) in [4.78, 5) is 44.8. The Hall–Kier alpha value is -5.40. The summed E-state index contributed by atoms with van der Waals surface area (Å²) >= 11 is 0. The maximum Gasteiger partial charge on any atom is 0.333 e. The number of hydrogen-bond acceptors (Lipinski definition) is 6. The van der Waals surface area contributed by atoms with Gasteiger partial charge in [0.2, 0.25) is 11.8 Å². The van der Waals surface area contributed by atoms with Crippen LogP contribution in [0.5, 0.6) is 5.75 Å². The number of piperazine rings is 1. The molecular weight excluding hydrogens is 568 g/mol. The number of benzene rings is 4. The number of hydrazine groups is 1. The first kappa shape index (κ1) is 29.7. The third-order valence-corrected chi connectivity index (χ3v) is 8.45. The van der Waals surface area contributed by atoms with Crippen LogP contribution in [-0.4, -0.2) is 76.6 Å². The molecule has 2 atom stereocenters. The third kappa shape index (κ3) is 6.16. The van der Waals surface area contributed by atoms with Crippen molar-refractivity contribution in [3.05, 3.63) is 114 Å². The van der Waals surface area contributed by atoms with Crippen LogP contribution in [0.3, 0.4) is 0 Å². The summed E-state index contributed by atoms with van der Waals surface area (Å²) in [6.45, 7) is 0.409. The number of carbonyl (C=O) groups is 3. The van der Waals surface area contributed by atoms with Gasteiger partial charge in [0.25, 0.3) is 0 Å². The van der Waals surface area contributed by atoms with Crippen LogP contribution in [0.2, 0.25) is 0 Å². The third-order valence-electron chi connectivity index (χ3n) is 8.45. The molecular formula is C35H34N6O4. The molecule has 0 aliphatic carbocycles. The zero-order chi connectivity index (χ0) is 31.3. The molecule has 2 fully saturated rings. The maximum absolute atomic E-state index is 14.2. The van der Waals surface area contributed by atoms with Gasteiger partial charge in [-0.1, -0.05) is 84.9 Å². The molecule has 0 spiro atoms. The van der Waals surface area contributed by atoms with E-state index < -0.39 is 18.2 Å². The van der Waals surface area contributed by atoms with Crippen LogP contribution in [0.1, 0.15) is 16.7 Å². The van der Waals surface area contributed by atoms with E-state index in [9.17, 15) is 19.6 Å². The van der Waals surface area contributed by atoms with Crippen LogP contribution in [0, 0.1) is 11.3 Å². The zero-order valence-corrected chi connectivity index (χ0v) is 25.0. The van der Waals surface area contributed by atoms with Crippen LogP contribution in [0.25, 0.3) is 10.8 Å². The van der Waals surface area contributed by atoms with Crippen molar-refractivity contribution in [2.24, 2.45) is 0 Å². The Morgan fingerprint density at radius 2 is 1.69 bits per heavy atom. The molecule has 2 aliphatic heterocycles. The fourth-order valence-electron chi connectivity index (χ4n) is 6.22. The van der Waals surface area contributed by atoms with E-state index in [1.165, 1.54) is 5.01 Å². The minimum Gasteiger partial charge on any atom is -0.497 e. The molecule has 4 aromatic carbocycles. The van der Waals surface area contributed by atoms with Crippen molar-refractivity contribution in [2.75, 3.05) is 26.7 Å². The largest absolute Gasteiger partial charge is 0.497 e. The first-order valence-electron chi connectivity index (χ1n) is 14.9. The Kier molecular flexibility index (Phi) is 8.62. The number of amides is 4. The molecule has 0 saturated carbocycles. The van der Waals surface area contributed by atoms with Gasteiger partial charge in [0.05, 0.1) is 26.3 Å². The molecule has 1 N–H and O–H groups in total. The lowest BCUT2D eigenvalue weighted by Gasteiger charge is -2.46. The molecule has 0 aromatic heterocycles. The number of hydrogen-bond donors (Lipinski definition) is 1. The minimum absolute atomic E-state index is 0.125. The zero-order valence-electron chi connectivity index (χ0n) is 25.0. The smallest absolute Gasteiger partial charge is 0.333 e. The Bertz CT molecular complexity index is 1730. The van der Waals surface area contributed by atoms with Gasteiger partial charge >= 0.3 is 6.03 Å². The maximum atomic E-state index is 14.2. The van der Waals surface area contributed by atoms with Gasteiger partial charge in [-0.2, -0.15) is 10.3 Å². The van der Waals surface area contributed by atoms with Crippen LogP contribution in [0.15, 0.2) is 97.1 Å². The van der Waals surface area contributed by atoms with Crippen molar-refractivity contribution < 1.29 is 19.1 Å². The molecule has 2 aliphatic rings. The summed E-state index contributed by atoms with van der Waals surface area (Å²) in [5.74, 6) is 0.266. The molecule has 0 unspecified atom stereocenters. The van der Waals surface area contributed by atoms with E-state index in [0.29, 0.717) is 18.7 Å². The number of ether oxygens (including phenoxy) is 1. The fourth-order valence-corrected chi connectivity index (χ4v) is 6.22. The second-order valence-corrected chi connectivity index (χ2v) is 11.2. The lowest BCUT2D eigenvalue weighted by molar-refractivity contribution is -0.157. The van der Waals surface area contributed by atoms with E-state index in [0.717, 1.165) is 27.5 Å². The van der Waals surface area contributed by atoms with Crippen molar-refractivity contribution in [2.45, 2.75) is 31.7 Å². The normalized spacial score (nSPS) is 18.0. The average molecular weight is 603 g/mol. The summed E-state index contributed by atoms with van der Waals surface area (Å²) in [6, 6.07) is 31.8. The highest BCUT2D eigenvalue weighted by Crippen LogP contribution is 2.31. The number of nitrogens with zero attached hydrogens (tertiary/aromatic N) is 5. The first-order valence-corrected chi connectivity index (χ1v) is 14.9. The topological polar surface area (TPSA) is 109 Å². The number of nitriles is 1. The van der Waals surface area contributed by atoms with Gasteiger partial charge in [-0.05, 0) is 39.6 Å². The number of nitrogens with one attached hydrogen (secondary N) is 1. The molecule has 4 aromatic rings. The highest BCUT2D eigenvalue weighted by Gasteiger charge is 2.52. The van der Waals surface area contributed by atoms with E-state index in [2.05, 4.69) is 11.4 Å². The fraction of sp³-hybridized carbons (Fsp3) is 0.257. The summed E-state index contributed by atoms with van der Waals surface area (Å²) < 4.78 is 5.30. The van der Waals surface area contributed by atoms with Gasteiger partial charge in [-0.25, -0.2) is 9.80 Å². The highest BCUT2D eigenvalue weighted by molar-refractivity contribution is 5.92. The van der Waals surface area contributed by atoms with Crippen LogP contribution in [0.4, 0.5) is 4.79 Å². The van der Waals surface area contributed by atoms with Crippen LogP contribution >= 0.6 is 0 Å². The van der Waals surface area contributed by atoms with Gasteiger partial charge in [0.1, 0.15) is 24.5 Å².